The van der Waals surface area contributed by atoms with E-state index >= 15 is 0 Å². The molecule has 1 aromatic rings. The largest absolute Gasteiger partial charge is 0.462 e. The summed E-state index contributed by atoms with van der Waals surface area (Å²) in [6.07, 6.45) is 6.63. The fourth-order valence-corrected chi connectivity index (χ4v) is 2.71. The molecule has 0 saturated heterocycles. The van der Waals surface area contributed by atoms with Crippen molar-refractivity contribution >= 4 is 5.97 Å². The van der Waals surface area contributed by atoms with Crippen LogP contribution in [0.25, 0.3) is 0 Å². The van der Waals surface area contributed by atoms with E-state index in [4.69, 9.17) is 4.74 Å². The summed E-state index contributed by atoms with van der Waals surface area (Å²) < 4.78 is 18.3. The molecule has 108 valence electrons. The Kier molecular flexibility index (Phi) is 5.33. The van der Waals surface area contributed by atoms with Crippen LogP contribution >= 0.6 is 0 Å². The van der Waals surface area contributed by atoms with Crippen molar-refractivity contribution in [2.45, 2.75) is 50.5 Å². The van der Waals surface area contributed by atoms with Gasteiger partial charge in [0.2, 0.25) is 0 Å². The summed E-state index contributed by atoms with van der Waals surface area (Å²) >= 11 is 0. The van der Waals surface area contributed by atoms with Crippen LogP contribution in [0.3, 0.4) is 0 Å². The Hall–Kier alpha value is -1.64. The number of hydrogen-bond donors (Lipinski definition) is 0. The standard InChI is InChI=1S/C17H21FO2/c1-2-3-4-17(19)20-16-11-7-14(8-12-16)13-5-9-15(18)10-6-13/h2,5-6,9-10,14,16H,1,3-4,7-8,11-12H2. The van der Waals surface area contributed by atoms with E-state index < -0.39 is 0 Å². The zero-order valence-electron chi connectivity index (χ0n) is 11.7. The summed E-state index contributed by atoms with van der Waals surface area (Å²) in [7, 11) is 0. The van der Waals surface area contributed by atoms with E-state index in [0.717, 1.165) is 25.7 Å². The second-order valence-corrected chi connectivity index (χ2v) is 5.34. The normalized spacial score (nSPS) is 22.2. The predicted octanol–water partition coefficient (Wildman–Crippen LogP) is 4.36. The molecule has 2 nitrogen and oxygen atoms in total. The molecular formula is C17H21FO2. The van der Waals surface area contributed by atoms with Crippen LogP contribution in [0, 0.1) is 5.82 Å². The van der Waals surface area contributed by atoms with Crippen LogP contribution in [0.15, 0.2) is 36.9 Å². The number of carbonyl (C=O) groups excluding carboxylic acids is 1. The number of ether oxygens (including phenoxy) is 1. The van der Waals surface area contributed by atoms with Gasteiger partial charge in [-0.2, -0.15) is 0 Å². The maximum atomic E-state index is 12.9. The molecule has 1 aromatic carbocycles. The van der Waals surface area contributed by atoms with Crippen LogP contribution in [-0.4, -0.2) is 12.1 Å². The highest BCUT2D eigenvalue weighted by molar-refractivity contribution is 5.69. The number of allylic oxidation sites excluding steroid dienone is 1. The Morgan fingerprint density at radius 3 is 2.50 bits per heavy atom. The zero-order valence-corrected chi connectivity index (χ0v) is 11.7. The summed E-state index contributed by atoms with van der Waals surface area (Å²) in [5, 5.41) is 0. The van der Waals surface area contributed by atoms with Gasteiger partial charge in [0.1, 0.15) is 11.9 Å². The van der Waals surface area contributed by atoms with E-state index in [2.05, 4.69) is 6.58 Å². The van der Waals surface area contributed by atoms with Crippen molar-refractivity contribution < 1.29 is 13.9 Å². The Morgan fingerprint density at radius 1 is 1.25 bits per heavy atom. The molecule has 0 aliphatic heterocycles. The number of benzene rings is 1. The lowest BCUT2D eigenvalue weighted by Crippen LogP contribution is -2.23. The third-order valence-corrected chi connectivity index (χ3v) is 3.87. The number of carbonyl (C=O) groups is 1. The van der Waals surface area contributed by atoms with Crippen molar-refractivity contribution in [3.8, 4) is 0 Å². The molecule has 1 aliphatic rings. The zero-order chi connectivity index (χ0) is 14.4. The third-order valence-electron chi connectivity index (χ3n) is 3.87. The predicted molar refractivity (Wildman–Crippen MR) is 76.9 cm³/mol. The molecule has 0 N–H and O–H groups in total. The van der Waals surface area contributed by atoms with Crippen LogP contribution in [-0.2, 0) is 9.53 Å². The summed E-state index contributed by atoms with van der Waals surface area (Å²) in [5.41, 5.74) is 1.18. The first kappa shape index (κ1) is 14.8. The first-order valence-electron chi connectivity index (χ1n) is 7.25. The molecular weight excluding hydrogens is 255 g/mol. The molecule has 0 amide bonds. The average Bonchev–Trinajstić information content (AvgIpc) is 2.47. The highest BCUT2D eigenvalue weighted by Gasteiger charge is 2.24. The molecule has 0 radical (unpaired) electrons. The monoisotopic (exact) mass is 276 g/mol. The average molecular weight is 276 g/mol. The number of hydrogen-bond acceptors (Lipinski definition) is 2. The van der Waals surface area contributed by atoms with Gasteiger partial charge in [-0.1, -0.05) is 18.2 Å². The van der Waals surface area contributed by atoms with Gasteiger partial charge in [-0.3, -0.25) is 4.79 Å². The lowest BCUT2D eigenvalue weighted by atomic mass is 9.83. The van der Waals surface area contributed by atoms with E-state index in [1.54, 1.807) is 6.08 Å². The Balaban J connectivity index is 1.78. The quantitative estimate of drug-likeness (QED) is 0.590. The van der Waals surface area contributed by atoms with Gasteiger partial charge in [-0.25, -0.2) is 4.39 Å². The van der Waals surface area contributed by atoms with Crippen molar-refractivity contribution in [1.29, 1.82) is 0 Å². The fourth-order valence-electron chi connectivity index (χ4n) is 2.71. The highest BCUT2D eigenvalue weighted by atomic mass is 19.1. The van der Waals surface area contributed by atoms with Crippen LogP contribution in [0.1, 0.15) is 50.0 Å². The van der Waals surface area contributed by atoms with Crippen molar-refractivity contribution in [2.24, 2.45) is 0 Å². The van der Waals surface area contributed by atoms with E-state index in [0.29, 0.717) is 18.8 Å². The molecule has 0 heterocycles. The van der Waals surface area contributed by atoms with Crippen molar-refractivity contribution in [3.05, 3.63) is 48.3 Å². The Bertz CT molecular complexity index is 445. The Morgan fingerprint density at radius 2 is 1.90 bits per heavy atom. The number of rotatable bonds is 5. The fraction of sp³-hybridized carbons (Fsp3) is 0.471. The minimum atomic E-state index is -0.196. The first-order chi connectivity index (χ1) is 9.69. The SMILES string of the molecule is C=CCCC(=O)OC1CCC(c2ccc(F)cc2)CC1. The molecule has 0 bridgehead atoms. The highest BCUT2D eigenvalue weighted by Crippen LogP contribution is 2.34. The van der Waals surface area contributed by atoms with Crippen LogP contribution < -0.4 is 0 Å². The van der Waals surface area contributed by atoms with Gasteiger partial charge in [0.15, 0.2) is 0 Å². The van der Waals surface area contributed by atoms with Gasteiger partial charge in [0.05, 0.1) is 0 Å². The van der Waals surface area contributed by atoms with Crippen molar-refractivity contribution in [1.82, 2.24) is 0 Å². The molecule has 3 heteroatoms. The number of halogens is 1. The van der Waals surface area contributed by atoms with E-state index in [1.807, 2.05) is 12.1 Å². The van der Waals surface area contributed by atoms with Crippen LogP contribution in [0.2, 0.25) is 0 Å². The summed E-state index contributed by atoms with van der Waals surface area (Å²) in [6, 6.07) is 6.74. The summed E-state index contributed by atoms with van der Waals surface area (Å²) in [5.74, 6) is 0.132. The van der Waals surface area contributed by atoms with Crippen LogP contribution in [0.5, 0.6) is 0 Å². The van der Waals surface area contributed by atoms with Crippen molar-refractivity contribution in [3.63, 3.8) is 0 Å². The molecule has 20 heavy (non-hydrogen) atoms. The minimum absolute atomic E-state index is 0.0454. The van der Waals surface area contributed by atoms with Gasteiger partial charge in [-0.05, 0) is 55.7 Å². The maximum Gasteiger partial charge on any atom is 0.306 e. The van der Waals surface area contributed by atoms with Gasteiger partial charge >= 0.3 is 5.97 Å². The molecule has 1 aliphatic carbocycles. The molecule has 2 rings (SSSR count). The lowest BCUT2D eigenvalue weighted by molar-refractivity contribution is -0.150. The van der Waals surface area contributed by atoms with E-state index in [1.165, 1.54) is 17.7 Å². The summed E-state index contributed by atoms with van der Waals surface area (Å²) in [4.78, 5) is 11.5. The second-order valence-electron chi connectivity index (χ2n) is 5.34. The smallest absolute Gasteiger partial charge is 0.306 e. The molecule has 0 aromatic heterocycles. The molecule has 0 atom stereocenters. The van der Waals surface area contributed by atoms with Gasteiger partial charge in [0.25, 0.3) is 0 Å². The van der Waals surface area contributed by atoms with Gasteiger partial charge in [0, 0.05) is 6.42 Å². The second kappa shape index (κ2) is 7.22. The third kappa shape index (κ3) is 4.19. The van der Waals surface area contributed by atoms with Crippen LogP contribution in [0.4, 0.5) is 4.39 Å². The first-order valence-corrected chi connectivity index (χ1v) is 7.25. The number of esters is 1. The van der Waals surface area contributed by atoms with Gasteiger partial charge < -0.3 is 4.74 Å². The van der Waals surface area contributed by atoms with Gasteiger partial charge in [-0.15, -0.1) is 6.58 Å². The summed E-state index contributed by atoms with van der Waals surface area (Å²) in [6.45, 7) is 3.59. The Labute approximate surface area is 119 Å². The molecule has 1 saturated carbocycles. The van der Waals surface area contributed by atoms with E-state index in [9.17, 15) is 9.18 Å². The molecule has 1 fully saturated rings. The lowest BCUT2D eigenvalue weighted by Gasteiger charge is -2.28. The molecule has 0 spiro atoms. The maximum absolute atomic E-state index is 12.9. The van der Waals surface area contributed by atoms with E-state index in [-0.39, 0.29) is 17.9 Å². The van der Waals surface area contributed by atoms with Crippen molar-refractivity contribution in [2.75, 3.05) is 0 Å². The molecule has 0 unspecified atom stereocenters. The minimum Gasteiger partial charge on any atom is -0.462 e. The topological polar surface area (TPSA) is 26.3 Å².